The summed E-state index contributed by atoms with van der Waals surface area (Å²) in [6.45, 7) is 26.1. The second-order valence-electron chi connectivity index (χ2n) is 10.4. The lowest BCUT2D eigenvalue weighted by Crippen LogP contribution is -2.09. The van der Waals surface area contributed by atoms with Gasteiger partial charge in [0.1, 0.15) is 0 Å². The fourth-order valence-electron chi connectivity index (χ4n) is 3.44. The molecule has 0 aromatic rings. The second kappa shape index (κ2) is 16.1. The molecule has 3 atom stereocenters. The standard InChI is InChI=1S/C31H52/c1-11-31(10,23-14-19-27(6)16-12-15-25(2)3)24-22-29(8)18-13-17-28(7)20-21-30(9)26(4)5/h11,15,17,19,22,24,29-30H,1,4,12-14,16,18,20-21,23H2,2-3,5-10H3/b24-22+,27-19+,28-17+. The normalized spacial score (nSPS) is 16.6. The van der Waals surface area contributed by atoms with E-state index in [1.165, 1.54) is 48.0 Å². The Kier molecular flexibility index (Phi) is 15.3. The molecule has 0 fully saturated rings. The van der Waals surface area contributed by atoms with Crippen LogP contribution in [-0.2, 0) is 0 Å². The van der Waals surface area contributed by atoms with Crippen LogP contribution in [0.1, 0.15) is 107 Å². The number of rotatable bonds is 16. The zero-order valence-electron chi connectivity index (χ0n) is 22.2. The molecule has 0 saturated carbocycles. The van der Waals surface area contributed by atoms with E-state index in [9.17, 15) is 0 Å². The minimum Gasteiger partial charge on any atom is -0.102 e. The van der Waals surface area contributed by atoms with E-state index in [0.717, 1.165) is 25.7 Å². The fourth-order valence-corrected chi connectivity index (χ4v) is 3.44. The van der Waals surface area contributed by atoms with E-state index in [-0.39, 0.29) is 5.41 Å². The largest absolute Gasteiger partial charge is 0.102 e. The van der Waals surface area contributed by atoms with Crippen LogP contribution in [0.15, 0.2) is 71.9 Å². The number of hydrogen-bond donors (Lipinski definition) is 0. The lowest BCUT2D eigenvalue weighted by atomic mass is 9.83. The van der Waals surface area contributed by atoms with E-state index in [1.807, 2.05) is 0 Å². The Bertz CT molecular complexity index is 648. The quantitative estimate of drug-likeness (QED) is 0.216. The molecule has 3 unspecified atom stereocenters. The van der Waals surface area contributed by atoms with E-state index in [0.29, 0.717) is 11.8 Å². The molecule has 0 radical (unpaired) electrons. The van der Waals surface area contributed by atoms with Crippen molar-refractivity contribution in [2.24, 2.45) is 17.3 Å². The summed E-state index contributed by atoms with van der Waals surface area (Å²) in [5.41, 5.74) is 5.81. The van der Waals surface area contributed by atoms with Crippen molar-refractivity contribution in [2.75, 3.05) is 0 Å². The Labute approximate surface area is 196 Å². The summed E-state index contributed by atoms with van der Waals surface area (Å²) < 4.78 is 0. The Morgan fingerprint density at radius 2 is 1.45 bits per heavy atom. The van der Waals surface area contributed by atoms with Crippen LogP contribution < -0.4 is 0 Å². The predicted molar refractivity (Wildman–Crippen MR) is 144 cm³/mol. The second-order valence-corrected chi connectivity index (χ2v) is 10.4. The summed E-state index contributed by atoms with van der Waals surface area (Å²) in [6.07, 6.45) is 23.4. The average Bonchev–Trinajstić information content (AvgIpc) is 2.70. The van der Waals surface area contributed by atoms with Crippen molar-refractivity contribution < 1.29 is 0 Å². The first-order valence-electron chi connectivity index (χ1n) is 12.4. The molecule has 0 amide bonds. The van der Waals surface area contributed by atoms with Gasteiger partial charge in [-0.3, -0.25) is 0 Å². The minimum atomic E-state index is 0.0788. The van der Waals surface area contributed by atoms with Crippen molar-refractivity contribution in [3.05, 3.63) is 71.9 Å². The van der Waals surface area contributed by atoms with Gasteiger partial charge in [0.2, 0.25) is 0 Å². The highest BCUT2D eigenvalue weighted by molar-refractivity contribution is 5.10. The maximum Gasteiger partial charge on any atom is 0.00330 e. The van der Waals surface area contributed by atoms with Gasteiger partial charge in [0.05, 0.1) is 0 Å². The van der Waals surface area contributed by atoms with Crippen LogP contribution in [0.4, 0.5) is 0 Å². The van der Waals surface area contributed by atoms with Crippen molar-refractivity contribution in [3.8, 4) is 0 Å². The van der Waals surface area contributed by atoms with Crippen LogP contribution in [0.3, 0.4) is 0 Å². The van der Waals surface area contributed by atoms with Gasteiger partial charge in [-0.15, -0.1) is 6.58 Å². The van der Waals surface area contributed by atoms with Crippen LogP contribution in [0.5, 0.6) is 0 Å². The summed E-state index contributed by atoms with van der Waals surface area (Å²) in [5.74, 6) is 1.22. The molecule has 0 nitrogen and oxygen atoms in total. The molecule has 0 rings (SSSR count). The average molecular weight is 425 g/mol. The monoisotopic (exact) mass is 424 g/mol. The van der Waals surface area contributed by atoms with Crippen LogP contribution in [0.25, 0.3) is 0 Å². The molecular formula is C31H52. The molecule has 0 aliphatic carbocycles. The van der Waals surface area contributed by atoms with E-state index in [4.69, 9.17) is 0 Å². The molecule has 0 aliphatic heterocycles. The van der Waals surface area contributed by atoms with Gasteiger partial charge in [0.15, 0.2) is 0 Å². The molecule has 0 bridgehead atoms. The van der Waals surface area contributed by atoms with Gasteiger partial charge in [-0.2, -0.15) is 0 Å². The van der Waals surface area contributed by atoms with E-state index in [1.54, 1.807) is 0 Å². The van der Waals surface area contributed by atoms with E-state index < -0.39 is 0 Å². The van der Waals surface area contributed by atoms with Gasteiger partial charge in [-0.1, -0.05) is 86.1 Å². The zero-order valence-corrected chi connectivity index (χ0v) is 22.2. The lowest BCUT2D eigenvalue weighted by Gasteiger charge is -2.21. The first kappa shape index (κ1) is 29.4. The predicted octanol–water partition coefficient (Wildman–Crippen LogP) is 10.6. The Balaban J connectivity index is 4.46. The third kappa shape index (κ3) is 15.8. The molecule has 0 aromatic carbocycles. The van der Waals surface area contributed by atoms with E-state index in [2.05, 4.69) is 105 Å². The molecule has 0 aromatic heterocycles. The highest BCUT2D eigenvalue weighted by atomic mass is 14.2. The molecule has 0 heterocycles. The summed E-state index contributed by atoms with van der Waals surface area (Å²) in [4.78, 5) is 0. The van der Waals surface area contributed by atoms with E-state index >= 15 is 0 Å². The van der Waals surface area contributed by atoms with Crippen molar-refractivity contribution in [3.63, 3.8) is 0 Å². The van der Waals surface area contributed by atoms with Gasteiger partial charge in [0.25, 0.3) is 0 Å². The SMILES string of the molecule is C=CC(C)(/C=C/C(C)CC/C=C(\C)CCC(C)C(=C)C)CC/C=C(\C)CCC=C(C)C. The summed E-state index contributed by atoms with van der Waals surface area (Å²) >= 11 is 0. The number of hydrogen-bond acceptors (Lipinski definition) is 0. The molecule has 0 saturated heterocycles. The third-order valence-corrected chi connectivity index (χ3v) is 6.47. The first-order chi connectivity index (χ1) is 14.5. The van der Waals surface area contributed by atoms with Crippen LogP contribution in [-0.4, -0.2) is 0 Å². The van der Waals surface area contributed by atoms with Gasteiger partial charge in [-0.05, 0) is 97.8 Å². The fraction of sp³-hybridized carbons (Fsp3) is 0.613. The Morgan fingerprint density at radius 1 is 0.839 bits per heavy atom. The molecule has 31 heavy (non-hydrogen) atoms. The van der Waals surface area contributed by atoms with Crippen LogP contribution in [0.2, 0.25) is 0 Å². The molecule has 0 N–H and O–H groups in total. The van der Waals surface area contributed by atoms with Gasteiger partial charge in [-0.25, -0.2) is 0 Å². The lowest BCUT2D eigenvalue weighted by molar-refractivity contribution is 0.499. The number of allylic oxidation sites excluding steroid dienone is 10. The van der Waals surface area contributed by atoms with Crippen LogP contribution >= 0.6 is 0 Å². The van der Waals surface area contributed by atoms with Crippen molar-refractivity contribution in [1.82, 2.24) is 0 Å². The highest BCUT2D eigenvalue weighted by Gasteiger charge is 2.15. The topological polar surface area (TPSA) is 0 Å². The Hall–Kier alpha value is -1.56. The van der Waals surface area contributed by atoms with Crippen molar-refractivity contribution >= 4 is 0 Å². The maximum atomic E-state index is 4.11. The molecule has 176 valence electrons. The Morgan fingerprint density at radius 3 is 2.03 bits per heavy atom. The maximum absolute atomic E-state index is 4.11. The third-order valence-electron chi connectivity index (χ3n) is 6.47. The summed E-state index contributed by atoms with van der Waals surface area (Å²) in [5, 5.41) is 0. The smallest absolute Gasteiger partial charge is 0.00330 e. The molecule has 0 aliphatic rings. The first-order valence-corrected chi connectivity index (χ1v) is 12.4. The van der Waals surface area contributed by atoms with Crippen LogP contribution in [0, 0.1) is 17.3 Å². The molecule has 0 spiro atoms. The van der Waals surface area contributed by atoms with Gasteiger partial charge < -0.3 is 0 Å². The minimum absolute atomic E-state index is 0.0788. The van der Waals surface area contributed by atoms with Crippen molar-refractivity contribution in [1.29, 1.82) is 0 Å². The highest BCUT2D eigenvalue weighted by Crippen LogP contribution is 2.28. The summed E-state index contributed by atoms with van der Waals surface area (Å²) in [7, 11) is 0. The zero-order chi connectivity index (χ0) is 23.9. The summed E-state index contributed by atoms with van der Waals surface area (Å²) in [6, 6.07) is 0. The van der Waals surface area contributed by atoms with Gasteiger partial charge in [0, 0.05) is 5.41 Å². The molecule has 0 heteroatoms. The molecular weight excluding hydrogens is 372 g/mol. The van der Waals surface area contributed by atoms with Gasteiger partial charge >= 0.3 is 0 Å². The van der Waals surface area contributed by atoms with Crippen molar-refractivity contribution in [2.45, 2.75) is 107 Å².